The SMILES string of the molecule is CCCCC(=O)OC1CC2C(C)C(O)CCC2(C)C2C(O)c3c(cc(-c4cccnc4)oc3=O)OC12C.CO. The number of rotatable bonds is 5. The second kappa shape index (κ2) is 11.4. The van der Waals surface area contributed by atoms with Crippen LogP contribution >= 0.6 is 0 Å². The second-order valence-electron chi connectivity index (χ2n) is 11.5. The molecule has 8 unspecified atom stereocenters. The number of esters is 1. The summed E-state index contributed by atoms with van der Waals surface area (Å²) >= 11 is 0. The van der Waals surface area contributed by atoms with E-state index in [4.69, 9.17) is 19.0 Å². The van der Waals surface area contributed by atoms with Crippen LogP contribution in [0.1, 0.15) is 77.9 Å². The molecule has 0 saturated heterocycles. The summed E-state index contributed by atoms with van der Waals surface area (Å²) in [6, 6.07) is 5.14. The molecule has 3 N–H and O–H groups in total. The number of aromatic nitrogens is 1. The number of hydrogen-bond acceptors (Lipinski definition) is 9. The maximum atomic E-state index is 13.3. The smallest absolute Gasteiger partial charge is 0.345 e. The van der Waals surface area contributed by atoms with E-state index in [1.807, 2.05) is 20.8 Å². The van der Waals surface area contributed by atoms with Crippen LogP contribution in [-0.2, 0) is 9.53 Å². The molecule has 3 aliphatic rings. The lowest BCUT2D eigenvalue weighted by Gasteiger charge is -2.63. The molecule has 0 amide bonds. The number of hydrogen-bond donors (Lipinski definition) is 3. The molecule has 2 fully saturated rings. The van der Waals surface area contributed by atoms with Gasteiger partial charge in [0.2, 0.25) is 0 Å². The molecule has 5 rings (SSSR count). The molecule has 0 bridgehead atoms. The lowest BCUT2D eigenvalue weighted by atomic mass is 9.46. The summed E-state index contributed by atoms with van der Waals surface area (Å²) in [4.78, 5) is 30.2. The van der Waals surface area contributed by atoms with E-state index in [-0.39, 0.29) is 34.9 Å². The van der Waals surface area contributed by atoms with Gasteiger partial charge in [-0.05, 0) is 62.0 Å². The Morgan fingerprint density at radius 3 is 2.67 bits per heavy atom. The first-order valence-electron chi connectivity index (χ1n) is 13.9. The maximum Gasteiger partial charge on any atom is 0.345 e. The van der Waals surface area contributed by atoms with E-state index in [1.54, 1.807) is 30.6 Å². The van der Waals surface area contributed by atoms with Gasteiger partial charge in [0.1, 0.15) is 28.8 Å². The van der Waals surface area contributed by atoms with Crippen LogP contribution in [0.5, 0.6) is 5.75 Å². The van der Waals surface area contributed by atoms with Gasteiger partial charge in [0, 0.05) is 43.5 Å². The van der Waals surface area contributed by atoms with Gasteiger partial charge in [0.15, 0.2) is 0 Å². The number of nitrogens with zero attached hydrogens (tertiary/aromatic N) is 1. The van der Waals surface area contributed by atoms with Gasteiger partial charge in [-0.3, -0.25) is 9.78 Å². The average molecular weight is 544 g/mol. The highest BCUT2D eigenvalue weighted by Gasteiger charge is 2.67. The van der Waals surface area contributed by atoms with Crippen molar-refractivity contribution in [3.05, 3.63) is 46.6 Å². The Morgan fingerprint density at radius 1 is 1.26 bits per heavy atom. The van der Waals surface area contributed by atoms with Gasteiger partial charge >= 0.3 is 11.6 Å². The van der Waals surface area contributed by atoms with Crippen molar-refractivity contribution in [1.29, 1.82) is 0 Å². The number of ether oxygens (including phenoxy) is 2. The van der Waals surface area contributed by atoms with E-state index >= 15 is 0 Å². The number of aliphatic hydroxyl groups is 3. The van der Waals surface area contributed by atoms with Crippen LogP contribution in [0.4, 0.5) is 0 Å². The highest BCUT2D eigenvalue weighted by Crippen LogP contribution is 2.64. The second-order valence-corrected chi connectivity index (χ2v) is 11.5. The molecular weight excluding hydrogens is 502 g/mol. The number of aliphatic hydroxyl groups excluding tert-OH is 3. The number of carbonyl (C=O) groups is 1. The molecule has 8 atom stereocenters. The summed E-state index contributed by atoms with van der Waals surface area (Å²) in [5.74, 6) is -0.402. The molecule has 1 aliphatic heterocycles. The van der Waals surface area contributed by atoms with Crippen LogP contribution in [0.2, 0.25) is 0 Å². The minimum atomic E-state index is -1.18. The highest BCUT2D eigenvalue weighted by molar-refractivity contribution is 5.69. The highest BCUT2D eigenvalue weighted by atomic mass is 16.6. The van der Waals surface area contributed by atoms with E-state index < -0.39 is 40.9 Å². The minimum absolute atomic E-state index is 0.0280. The summed E-state index contributed by atoms with van der Waals surface area (Å²) < 4.78 is 18.4. The number of pyridine rings is 1. The molecular formula is C30H41NO8. The molecule has 0 aromatic carbocycles. The molecule has 2 saturated carbocycles. The molecule has 3 heterocycles. The predicted octanol–water partition coefficient (Wildman–Crippen LogP) is 4.03. The fourth-order valence-electron chi connectivity index (χ4n) is 7.36. The molecule has 39 heavy (non-hydrogen) atoms. The quantitative estimate of drug-likeness (QED) is 0.477. The molecule has 9 heteroatoms. The van der Waals surface area contributed by atoms with Crippen molar-refractivity contribution in [2.24, 2.45) is 23.2 Å². The normalized spacial score (nSPS) is 34.8. The van der Waals surface area contributed by atoms with E-state index in [0.29, 0.717) is 31.2 Å². The standard InChI is InChI=1S/C29H37NO7.CH4O/c1-5-6-9-23(32)36-22-13-18-16(2)19(31)10-11-28(18,3)26-25(33)24-21(37-29(22,26)4)14-20(35-27(24)34)17-8-7-12-30-15-17;1-2/h7-8,12,14-16,18-19,22,25-26,31,33H,5-6,9-11,13H2,1-4H3;2H,1H3. The fourth-order valence-corrected chi connectivity index (χ4v) is 7.36. The van der Waals surface area contributed by atoms with E-state index in [2.05, 4.69) is 11.9 Å². The lowest BCUT2D eigenvalue weighted by Crippen LogP contribution is -2.69. The van der Waals surface area contributed by atoms with Crippen LogP contribution in [-0.4, -0.2) is 51.2 Å². The topological polar surface area (TPSA) is 139 Å². The van der Waals surface area contributed by atoms with Crippen molar-refractivity contribution in [3.8, 4) is 17.1 Å². The van der Waals surface area contributed by atoms with Crippen LogP contribution in [0, 0.1) is 23.2 Å². The monoisotopic (exact) mass is 543 g/mol. The zero-order valence-corrected chi connectivity index (χ0v) is 23.4. The predicted molar refractivity (Wildman–Crippen MR) is 144 cm³/mol. The average Bonchev–Trinajstić information content (AvgIpc) is 2.92. The van der Waals surface area contributed by atoms with Crippen molar-refractivity contribution in [1.82, 2.24) is 4.98 Å². The first-order chi connectivity index (χ1) is 18.6. The van der Waals surface area contributed by atoms with Crippen molar-refractivity contribution < 1.29 is 34.0 Å². The van der Waals surface area contributed by atoms with Gasteiger partial charge in [-0.25, -0.2) is 4.79 Å². The van der Waals surface area contributed by atoms with Crippen molar-refractivity contribution in [3.63, 3.8) is 0 Å². The van der Waals surface area contributed by atoms with Crippen molar-refractivity contribution in [2.45, 2.75) is 90.1 Å². The van der Waals surface area contributed by atoms with E-state index in [9.17, 15) is 19.8 Å². The van der Waals surface area contributed by atoms with Gasteiger partial charge < -0.3 is 29.2 Å². The first kappa shape index (κ1) is 29.2. The van der Waals surface area contributed by atoms with E-state index in [1.165, 1.54) is 0 Å². The third-order valence-corrected chi connectivity index (χ3v) is 9.35. The third kappa shape index (κ3) is 5.00. The molecule has 9 nitrogen and oxygen atoms in total. The van der Waals surface area contributed by atoms with Crippen molar-refractivity contribution >= 4 is 5.97 Å². The Balaban J connectivity index is 0.00000172. The molecule has 0 radical (unpaired) electrons. The van der Waals surface area contributed by atoms with Crippen LogP contribution in [0.3, 0.4) is 0 Å². The van der Waals surface area contributed by atoms with Crippen molar-refractivity contribution in [2.75, 3.05) is 7.11 Å². The zero-order chi connectivity index (χ0) is 28.5. The summed E-state index contributed by atoms with van der Waals surface area (Å²) in [5, 5.41) is 29.6. The molecule has 0 spiro atoms. The third-order valence-electron chi connectivity index (χ3n) is 9.35. The zero-order valence-electron chi connectivity index (χ0n) is 23.4. The van der Waals surface area contributed by atoms with Gasteiger partial charge in [-0.2, -0.15) is 0 Å². The Hall–Kier alpha value is -2.75. The Labute approximate surface area is 229 Å². The molecule has 2 aliphatic carbocycles. The summed E-state index contributed by atoms with van der Waals surface area (Å²) in [6.45, 7) is 8.03. The molecule has 2 aromatic heterocycles. The van der Waals surface area contributed by atoms with Crippen LogP contribution in [0.25, 0.3) is 11.3 Å². The Morgan fingerprint density at radius 2 is 2.00 bits per heavy atom. The van der Waals surface area contributed by atoms with Gasteiger partial charge in [0.05, 0.1) is 12.2 Å². The van der Waals surface area contributed by atoms with Gasteiger partial charge in [0.25, 0.3) is 0 Å². The first-order valence-corrected chi connectivity index (χ1v) is 13.9. The number of unbranched alkanes of at least 4 members (excludes halogenated alkanes) is 1. The summed E-state index contributed by atoms with van der Waals surface area (Å²) in [6.07, 6.45) is 4.59. The summed E-state index contributed by atoms with van der Waals surface area (Å²) in [5.41, 5.74) is -1.49. The fraction of sp³-hybridized carbons (Fsp3) is 0.633. The Kier molecular flexibility index (Phi) is 8.54. The molecule has 2 aromatic rings. The van der Waals surface area contributed by atoms with Crippen LogP contribution < -0.4 is 10.4 Å². The maximum absolute atomic E-state index is 13.3. The minimum Gasteiger partial charge on any atom is -0.482 e. The lowest BCUT2D eigenvalue weighted by molar-refractivity contribution is -0.249. The summed E-state index contributed by atoms with van der Waals surface area (Å²) in [7, 11) is 1.00. The molecule has 214 valence electrons. The largest absolute Gasteiger partial charge is 0.482 e. The van der Waals surface area contributed by atoms with Gasteiger partial charge in [-0.15, -0.1) is 0 Å². The van der Waals surface area contributed by atoms with E-state index in [0.717, 1.165) is 20.0 Å². The number of fused-ring (bicyclic) bond motifs is 4. The Bertz CT molecular complexity index is 1220. The van der Waals surface area contributed by atoms with Gasteiger partial charge in [-0.1, -0.05) is 27.2 Å². The van der Waals surface area contributed by atoms with Crippen LogP contribution in [0.15, 0.2) is 39.8 Å². The number of carbonyl (C=O) groups excluding carboxylic acids is 1.